The summed E-state index contributed by atoms with van der Waals surface area (Å²) in [6, 6.07) is 11.3. The molecule has 4 rings (SSSR count). The Hall–Kier alpha value is -2.44. The number of hydrogen-bond donors (Lipinski definition) is 0. The second kappa shape index (κ2) is 8.24. The quantitative estimate of drug-likeness (QED) is 0.499. The van der Waals surface area contributed by atoms with Gasteiger partial charge in [0.1, 0.15) is 23.3 Å². The minimum absolute atomic E-state index is 0.0650. The van der Waals surface area contributed by atoms with E-state index in [1.54, 1.807) is 17.0 Å². The van der Waals surface area contributed by atoms with Crippen LogP contribution in [0.1, 0.15) is 32.2 Å². The number of fused-ring (bicyclic) bond motifs is 1. The Labute approximate surface area is 191 Å². The van der Waals surface area contributed by atoms with E-state index in [4.69, 9.17) is 32.7 Å². The van der Waals surface area contributed by atoms with Crippen LogP contribution in [-0.4, -0.2) is 45.3 Å². The lowest BCUT2D eigenvalue weighted by Crippen LogP contribution is -2.57. The highest BCUT2D eigenvalue weighted by atomic mass is 35.5. The molecule has 1 saturated heterocycles. The maximum Gasteiger partial charge on any atom is 0.410 e. The number of likely N-dealkylation sites (tertiary alicyclic amines) is 1. The van der Waals surface area contributed by atoms with Crippen LogP contribution in [0.15, 0.2) is 36.4 Å². The van der Waals surface area contributed by atoms with Crippen LogP contribution in [0.4, 0.5) is 4.79 Å². The predicted octanol–water partition coefficient (Wildman–Crippen LogP) is 5.70. The SMILES string of the molecule is Cc1nc2ccc(OC3CN(C(=O)OC(C)(C)C)C3)cc2n1Cc1cc(Cl)ccc1Cl. The molecule has 0 aliphatic carbocycles. The van der Waals surface area contributed by atoms with Gasteiger partial charge in [-0.1, -0.05) is 23.2 Å². The zero-order valence-electron chi connectivity index (χ0n) is 18.0. The molecular weight excluding hydrogens is 437 g/mol. The molecule has 0 unspecified atom stereocenters. The fraction of sp³-hybridized carbons (Fsp3) is 0.391. The van der Waals surface area contributed by atoms with Gasteiger partial charge < -0.3 is 18.9 Å². The summed E-state index contributed by atoms with van der Waals surface area (Å²) in [4.78, 5) is 18.4. The van der Waals surface area contributed by atoms with E-state index < -0.39 is 5.60 Å². The second-order valence-corrected chi connectivity index (χ2v) is 9.60. The van der Waals surface area contributed by atoms with E-state index in [0.717, 1.165) is 28.2 Å². The van der Waals surface area contributed by atoms with Crippen molar-refractivity contribution in [1.82, 2.24) is 14.5 Å². The van der Waals surface area contributed by atoms with Gasteiger partial charge >= 0.3 is 6.09 Å². The van der Waals surface area contributed by atoms with E-state index in [1.807, 2.05) is 52.0 Å². The monoisotopic (exact) mass is 461 g/mol. The van der Waals surface area contributed by atoms with Crippen molar-refractivity contribution in [2.24, 2.45) is 0 Å². The number of carbonyl (C=O) groups excluding carboxylic acids is 1. The minimum atomic E-state index is -0.504. The van der Waals surface area contributed by atoms with Crippen LogP contribution in [0.5, 0.6) is 5.75 Å². The number of halogens is 2. The topological polar surface area (TPSA) is 56.6 Å². The number of aryl methyl sites for hydroxylation is 1. The van der Waals surface area contributed by atoms with Gasteiger partial charge in [-0.25, -0.2) is 9.78 Å². The number of benzene rings is 2. The number of imidazole rings is 1. The smallest absolute Gasteiger partial charge is 0.410 e. The Balaban J connectivity index is 1.48. The average Bonchev–Trinajstić information content (AvgIpc) is 2.94. The van der Waals surface area contributed by atoms with Crippen LogP contribution >= 0.6 is 23.2 Å². The molecule has 1 fully saturated rings. The Morgan fingerprint density at radius 3 is 2.61 bits per heavy atom. The maximum absolute atomic E-state index is 12.1. The van der Waals surface area contributed by atoms with Crippen molar-refractivity contribution in [3.63, 3.8) is 0 Å². The van der Waals surface area contributed by atoms with E-state index in [9.17, 15) is 4.79 Å². The molecule has 6 nitrogen and oxygen atoms in total. The summed E-state index contributed by atoms with van der Waals surface area (Å²) in [6.07, 6.45) is -0.375. The average molecular weight is 462 g/mol. The van der Waals surface area contributed by atoms with Crippen LogP contribution in [0.3, 0.4) is 0 Å². The Morgan fingerprint density at radius 2 is 1.90 bits per heavy atom. The standard InChI is InChI=1S/C23H25Cl2N3O3/c1-14-26-20-8-6-17(30-18-12-27(13-18)22(29)31-23(2,3)4)10-21(20)28(14)11-15-9-16(24)5-7-19(15)25/h5-10,18H,11-13H2,1-4H3. The number of carbonyl (C=O) groups is 1. The summed E-state index contributed by atoms with van der Waals surface area (Å²) in [7, 11) is 0. The first-order valence-corrected chi connectivity index (χ1v) is 10.9. The number of ether oxygens (including phenoxy) is 2. The maximum atomic E-state index is 12.1. The Morgan fingerprint density at radius 1 is 1.16 bits per heavy atom. The lowest BCUT2D eigenvalue weighted by Gasteiger charge is -2.39. The summed E-state index contributed by atoms with van der Waals surface area (Å²) in [5.41, 5.74) is 2.26. The van der Waals surface area contributed by atoms with Gasteiger partial charge in [0, 0.05) is 16.1 Å². The number of rotatable bonds is 4. The zero-order chi connectivity index (χ0) is 22.3. The first-order chi connectivity index (χ1) is 14.6. The molecule has 0 N–H and O–H groups in total. The molecule has 3 aromatic rings. The van der Waals surface area contributed by atoms with Crippen LogP contribution in [-0.2, 0) is 11.3 Å². The third-order valence-electron chi connectivity index (χ3n) is 5.05. The number of amides is 1. The molecule has 31 heavy (non-hydrogen) atoms. The van der Waals surface area contributed by atoms with Gasteiger partial charge in [0.2, 0.25) is 0 Å². The van der Waals surface area contributed by atoms with Crippen molar-refractivity contribution < 1.29 is 14.3 Å². The molecule has 0 radical (unpaired) electrons. The Bertz CT molecular complexity index is 1130. The molecule has 1 aliphatic heterocycles. The lowest BCUT2D eigenvalue weighted by molar-refractivity contribution is -0.0221. The van der Waals surface area contributed by atoms with Crippen molar-refractivity contribution in [2.45, 2.75) is 45.9 Å². The summed E-state index contributed by atoms with van der Waals surface area (Å²) in [5, 5.41) is 1.31. The van der Waals surface area contributed by atoms with Gasteiger partial charge in [0.25, 0.3) is 0 Å². The van der Waals surface area contributed by atoms with Gasteiger partial charge in [-0.15, -0.1) is 0 Å². The van der Waals surface area contributed by atoms with E-state index >= 15 is 0 Å². The summed E-state index contributed by atoms with van der Waals surface area (Å²) < 4.78 is 13.6. The van der Waals surface area contributed by atoms with Crippen molar-refractivity contribution in [1.29, 1.82) is 0 Å². The molecule has 8 heteroatoms. The van der Waals surface area contributed by atoms with Crippen LogP contribution < -0.4 is 4.74 Å². The van der Waals surface area contributed by atoms with E-state index in [0.29, 0.717) is 29.7 Å². The Kier molecular flexibility index (Phi) is 5.79. The van der Waals surface area contributed by atoms with E-state index in [2.05, 4.69) is 9.55 Å². The number of hydrogen-bond acceptors (Lipinski definition) is 4. The third kappa shape index (κ3) is 4.91. The zero-order valence-corrected chi connectivity index (χ0v) is 19.5. The molecule has 2 heterocycles. The van der Waals surface area contributed by atoms with Gasteiger partial charge in [-0.3, -0.25) is 0 Å². The molecule has 0 atom stereocenters. The van der Waals surface area contributed by atoms with Crippen LogP contribution in [0.2, 0.25) is 10.0 Å². The van der Waals surface area contributed by atoms with Gasteiger partial charge in [0.05, 0.1) is 30.7 Å². The molecule has 0 spiro atoms. The second-order valence-electron chi connectivity index (χ2n) is 8.76. The van der Waals surface area contributed by atoms with Crippen molar-refractivity contribution in [3.05, 3.63) is 57.8 Å². The number of nitrogens with zero attached hydrogens (tertiary/aromatic N) is 3. The highest BCUT2D eigenvalue weighted by Crippen LogP contribution is 2.28. The first-order valence-electron chi connectivity index (χ1n) is 10.1. The predicted molar refractivity (Wildman–Crippen MR) is 122 cm³/mol. The van der Waals surface area contributed by atoms with Gasteiger partial charge in [-0.05, 0) is 63.6 Å². The van der Waals surface area contributed by atoms with Crippen molar-refractivity contribution in [3.8, 4) is 5.75 Å². The molecule has 1 aromatic heterocycles. The van der Waals surface area contributed by atoms with Gasteiger partial charge in [-0.2, -0.15) is 0 Å². The molecule has 0 saturated carbocycles. The van der Waals surface area contributed by atoms with Crippen molar-refractivity contribution >= 4 is 40.3 Å². The highest BCUT2D eigenvalue weighted by molar-refractivity contribution is 6.33. The summed E-state index contributed by atoms with van der Waals surface area (Å²) >= 11 is 12.5. The molecule has 1 amide bonds. The molecular formula is C23H25Cl2N3O3. The highest BCUT2D eigenvalue weighted by Gasteiger charge is 2.35. The normalized spacial score (nSPS) is 14.6. The van der Waals surface area contributed by atoms with Crippen LogP contribution in [0.25, 0.3) is 11.0 Å². The molecule has 164 valence electrons. The minimum Gasteiger partial charge on any atom is -0.487 e. The van der Waals surface area contributed by atoms with Gasteiger partial charge in [0.15, 0.2) is 0 Å². The van der Waals surface area contributed by atoms with Crippen LogP contribution in [0, 0.1) is 6.92 Å². The van der Waals surface area contributed by atoms with E-state index in [1.165, 1.54) is 0 Å². The summed E-state index contributed by atoms with van der Waals surface area (Å²) in [5.74, 6) is 1.61. The molecule has 0 bridgehead atoms. The fourth-order valence-corrected chi connectivity index (χ4v) is 3.88. The van der Waals surface area contributed by atoms with E-state index in [-0.39, 0.29) is 12.2 Å². The summed E-state index contributed by atoms with van der Waals surface area (Å²) in [6.45, 7) is 9.10. The number of aromatic nitrogens is 2. The first kappa shape index (κ1) is 21.8. The van der Waals surface area contributed by atoms with Crippen molar-refractivity contribution in [2.75, 3.05) is 13.1 Å². The third-order valence-corrected chi connectivity index (χ3v) is 5.65. The molecule has 2 aromatic carbocycles. The molecule has 1 aliphatic rings. The largest absolute Gasteiger partial charge is 0.487 e. The fourth-order valence-electron chi connectivity index (χ4n) is 3.51. The lowest BCUT2D eigenvalue weighted by atomic mass is 10.1.